The Balaban J connectivity index is 1.73. The second-order valence-electron chi connectivity index (χ2n) is 8.42. The lowest BCUT2D eigenvalue weighted by atomic mass is 9.87. The maximum absolute atomic E-state index is 12.7. The lowest BCUT2D eigenvalue weighted by Crippen LogP contribution is -2.24. The fraction of sp³-hybridized carbons (Fsp3) is 0.429. The molecule has 3 aromatic rings. The number of nitrogens with one attached hydrogen (secondary N) is 1. The summed E-state index contributed by atoms with van der Waals surface area (Å²) in [5.41, 5.74) is 4.61. The third-order valence-electron chi connectivity index (χ3n) is 5.08. The van der Waals surface area contributed by atoms with Crippen LogP contribution in [0.5, 0.6) is 0 Å². The molecule has 1 aromatic carbocycles. The van der Waals surface area contributed by atoms with Crippen LogP contribution in [0, 0.1) is 13.8 Å². The molecule has 9 heteroatoms. The average Bonchev–Trinajstić information content (AvgIpc) is 3.15. The van der Waals surface area contributed by atoms with Gasteiger partial charge in [-0.05, 0) is 31.7 Å². The van der Waals surface area contributed by atoms with E-state index < -0.39 is 5.25 Å². The molecule has 0 radical (unpaired) electrons. The van der Waals surface area contributed by atoms with E-state index in [0.717, 1.165) is 22.6 Å². The third kappa shape index (κ3) is 4.35. The molecule has 0 fully saturated rings. The summed E-state index contributed by atoms with van der Waals surface area (Å²) >= 11 is 1.26. The Hall–Kier alpha value is -2.81. The summed E-state index contributed by atoms with van der Waals surface area (Å²) in [5.74, 6) is 6.66. The summed E-state index contributed by atoms with van der Waals surface area (Å²) in [4.78, 5) is 12.7. The maximum atomic E-state index is 12.7. The molecule has 160 valence electrons. The van der Waals surface area contributed by atoms with Gasteiger partial charge in [0.1, 0.15) is 0 Å². The standard InChI is InChI=1S/C21H29N7OS/c1-12-17(13(2)27(7)26-12)23-19(29)14(3)30-20-25-24-18(28(20)22)15-8-10-16(11-9-15)21(4,5)6/h8-11,14H,22H2,1-7H3,(H,23,29)/t14-/m1/s1. The summed E-state index contributed by atoms with van der Waals surface area (Å²) in [6.07, 6.45) is 0. The summed E-state index contributed by atoms with van der Waals surface area (Å²) in [5, 5.41) is 15.8. The first-order valence-electron chi connectivity index (χ1n) is 9.78. The number of hydrogen-bond donors (Lipinski definition) is 2. The van der Waals surface area contributed by atoms with Crippen LogP contribution in [-0.2, 0) is 17.3 Å². The van der Waals surface area contributed by atoms with E-state index in [1.807, 2.05) is 40.0 Å². The van der Waals surface area contributed by atoms with Crippen molar-refractivity contribution in [1.82, 2.24) is 24.7 Å². The number of carbonyl (C=O) groups excluding carboxylic acids is 1. The molecule has 2 heterocycles. The molecule has 0 bridgehead atoms. The number of aromatic nitrogens is 5. The number of benzene rings is 1. The SMILES string of the molecule is Cc1nn(C)c(C)c1NC(=O)[C@@H](C)Sc1nnc(-c2ccc(C(C)(C)C)cc2)n1N. The molecule has 0 aliphatic heterocycles. The van der Waals surface area contributed by atoms with E-state index in [0.29, 0.717) is 11.0 Å². The number of amides is 1. The first-order valence-corrected chi connectivity index (χ1v) is 10.7. The summed E-state index contributed by atoms with van der Waals surface area (Å²) in [7, 11) is 1.85. The van der Waals surface area contributed by atoms with Crippen LogP contribution in [-0.4, -0.2) is 35.8 Å². The number of rotatable bonds is 5. The zero-order valence-corrected chi connectivity index (χ0v) is 19.3. The van der Waals surface area contributed by atoms with Gasteiger partial charge in [0, 0.05) is 12.6 Å². The zero-order valence-electron chi connectivity index (χ0n) is 18.5. The lowest BCUT2D eigenvalue weighted by Gasteiger charge is -2.19. The molecule has 0 saturated carbocycles. The molecule has 0 spiro atoms. The largest absolute Gasteiger partial charge is 0.335 e. The van der Waals surface area contributed by atoms with Crippen molar-refractivity contribution in [1.29, 1.82) is 0 Å². The molecule has 1 atom stereocenters. The fourth-order valence-corrected chi connectivity index (χ4v) is 3.83. The molecule has 30 heavy (non-hydrogen) atoms. The van der Waals surface area contributed by atoms with E-state index in [1.54, 1.807) is 4.68 Å². The number of nitrogen functional groups attached to an aromatic ring is 1. The maximum Gasteiger partial charge on any atom is 0.237 e. The third-order valence-corrected chi connectivity index (χ3v) is 6.14. The molecular formula is C21H29N7OS. The average molecular weight is 428 g/mol. The first-order chi connectivity index (χ1) is 14.0. The molecule has 0 saturated heterocycles. The van der Waals surface area contributed by atoms with E-state index in [2.05, 4.69) is 53.5 Å². The van der Waals surface area contributed by atoms with Crippen molar-refractivity contribution >= 4 is 23.4 Å². The quantitative estimate of drug-likeness (QED) is 0.478. The zero-order chi connectivity index (χ0) is 22.2. The van der Waals surface area contributed by atoms with Crippen molar-refractivity contribution < 1.29 is 4.79 Å². The summed E-state index contributed by atoms with van der Waals surface area (Å²) in [6.45, 7) is 12.1. The van der Waals surface area contributed by atoms with Crippen molar-refractivity contribution in [2.45, 2.75) is 57.4 Å². The Labute approximate surface area is 181 Å². The molecule has 3 N–H and O–H groups in total. The van der Waals surface area contributed by atoms with Gasteiger partial charge in [0.2, 0.25) is 11.1 Å². The van der Waals surface area contributed by atoms with Crippen molar-refractivity contribution in [3.8, 4) is 11.4 Å². The Bertz CT molecular complexity index is 1060. The number of hydrogen-bond acceptors (Lipinski definition) is 6. The molecule has 0 aliphatic rings. The summed E-state index contributed by atoms with van der Waals surface area (Å²) < 4.78 is 3.18. The molecule has 8 nitrogen and oxygen atoms in total. The molecule has 1 amide bonds. The Morgan fingerprint density at radius 3 is 2.33 bits per heavy atom. The van der Waals surface area contributed by atoms with Crippen LogP contribution in [0.1, 0.15) is 44.6 Å². The van der Waals surface area contributed by atoms with Crippen LogP contribution in [0.25, 0.3) is 11.4 Å². The van der Waals surface area contributed by atoms with Crippen LogP contribution < -0.4 is 11.2 Å². The highest BCUT2D eigenvalue weighted by Gasteiger charge is 2.22. The Morgan fingerprint density at radius 1 is 1.17 bits per heavy atom. The number of carbonyl (C=O) groups is 1. The van der Waals surface area contributed by atoms with Gasteiger partial charge in [0.15, 0.2) is 5.82 Å². The first kappa shape index (κ1) is 21.9. The van der Waals surface area contributed by atoms with Crippen LogP contribution in [0.2, 0.25) is 0 Å². The lowest BCUT2D eigenvalue weighted by molar-refractivity contribution is -0.115. The van der Waals surface area contributed by atoms with Gasteiger partial charge in [-0.15, -0.1) is 10.2 Å². The van der Waals surface area contributed by atoms with Crippen LogP contribution in [0.4, 0.5) is 5.69 Å². The van der Waals surface area contributed by atoms with Gasteiger partial charge in [0.25, 0.3) is 0 Å². The minimum atomic E-state index is -0.411. The van der Waals surface area contributed by atoms with Gasteiger partial charge in [-0.2, -0.15) is 5.10 Å². The van der Waals surface area contributed by atoms with Crippen LogP contribution in [0.15, 0.2) is 29.4 Å². The predicted molar refractivity (Wildman–Crippen MR) is 121 cm³/mol. The Kier molecular flexibility index (Phi) is 5.94. The number of anilines is 1. The minimum absolute atomic E-state index is 0.0731. The van der Waals surface area contributed by atoms with E-state index in [-0.39, 0.29) is 11.3 Å². The van der Waals surface area contributed by atoms with E-state index in [4.69, 9.17) is 5.84 Å². The second kappa shape index (κ2) is 8.14. The van der Waals surface area contributed by atoms with Crippen molar-refractivity contribution in [3.63, 3.8) is 0 Å². The minimum Gasteiger partial charge on any atom is -0.335 e. The number of nitrogens with zero attached hydrogens (tertiary/aromatic N) is 5. The second-order valence-corrected chi connectivity index (χ2v) is 9.73. The smallest absolute Gasteiger partial charge is 0.237 e. The van der Waals surface area contributed by atoms with E-state index >= 15 is 0 Å². The molecular weight excluding hydrogens is 398 g/mol. The van der Waals surface area contributed by atoms with Crippen molar-refractivity contribution in [3.05, 3.63) is 41.2 Å². The van der Waals surface area contributed by atoms with E-state index in [1.165, 1.54) is 22.0 Å². The Morgan fingerprint density at radius 2 is 1.80 bits per heavy atom. The van der Waals surface area contributed by atoms with Gasteiger partial charge in [-0.3, -0.25) is 9.48 Å². The van der Waals surface area contributed by atoms with Gasteiger partial charge in [-0.25, -0.2) is 4.68 Å². The molecule has 3 rings (SSSR count). The van der Waals surface area contributed by atoms with Crippen LogP contribution >= 0.6 is 11.8 Å². The highest BCUT2D eigenvalue weighted by atomic mass is 32.2. The van der Waals surface area contributed by atoms with Gasteiger partial charge >= 0.3 is 0 Å². The van der Waals surface area contributed by atoms with Gasteiger partial charge in [-0.1, -0.05) is 56.8 Å². The summed E-state index contributed by atoms with van der Waals surface area (Å²) in [6, 6.07) is 8.13. The molecule has 2 aromatic heterocycles. The van der Waals surface area contributed by atoms with E-state index in [9.17, 15) is 4.79 Å². The fourth-order valence-electron chi connectivity index (χ4n) is 3.06. The normalized spacial score (nSPS) is 12.8. The highest BCUT2D eigenvalue weighted by molar-refractivity contribution is 8.00. The molecule has 0 unspecified atom stereocenters. The predicted octanol–water partition coefficient (Wildman–Crippen LogP) is 3.43. The topological polar surface area (TPSA) is 104 Å². The van der Waals surface area contributed by atoms with Crippen LogP contribution in [0.3, 0.4) is 0 Å². The monoisotopic (exact) mass is 427 g/mol. The van der Waals surface area contributed by atoms with Crippen molar-refractivity contribution in [2.24, 2.45) is 7.05 Å². The molecule has 0 aliphatic carbocycles. The van der Waals surface area contributed by atoms with Crippen molar-refractivity contribution in [2.75, 3.05) is 11.2 Å². The highest BCUT2D eigenvalue weighted by Crippen LogP contribution is 2.28. The number of thioether (sulfide) groups is 1. The number of nitrogens with two attached hydrogens (primary N) is 1. The van der Waals surface area contributed by atoms with Gasteiger partial charge in [0.05, 0.1) is 22.3 Å². The number of aryl methyl sites for hydroxylation is 2. The van der Waals surface area contributed by atoms with Gasteiger partial charge < -0.3 is 11.2 Å².